The molecule has 4 nitrogen and oxygen atoms in total. The second kappa shape index (κ2) is 6.58. The van der Waals surface area contributed by atoms with E-state index in [-0.39, 0.29) is 17.9 Å². The Hall–Kier alpha value is -0.870. The van der Waals surface area contributed by atoms with Crippen LogP contribution >= 0.6 is 0 Å². The van der Waals surface area contributed by atoms with Crippen LogP contribution in [0.25, 0.3) is 0 Å². The highest BCUT2D eigenvalue weighted by atomic mass is 16.6. The lowest BCUT2D eigenvalue weighted by Gasteiger charge is -2.09. The van der Waals surface area contributed by atoms with Crippen LogP contribution in [0.5, 0.6) is 0 Å². The molecule has 2 N–H and O–H groups in total. The maximum absolute atomic E-state index is 11.4. The van der Waals surface area contributed by atoms with Crippen molar-refractivity contribution in [1.82, 2.24) is 0 Å². The fraction of sp³-hybridized carbons (Fsp3) is 0.727. The van der Waals surface area contributed by atoms with Crippen molar-refractivity contribution >= 4 is 5.97 Å². The predicted octanol–water partition coefficient (Wildman–Crippen LogP) is 0.860. The van der Waals surface area contributed by atoms with Gasteiger partial charge in [-0.05, 0) is 12.8 Å². The summed E-state index contributed by atoms with van der Waals surface area (Å²) in [4.78, 5) is 11.4. The summed E-state index contributed by atoms with van der Waals surface area (Å²) in [5.74, 6) is -0.356. The number of nitrogens with two attached hydrogens (primary N) is 1. The number of hydrogen-bond donors (Lipinski definition) is 1. The van der Waals surface area contributed by atoms with Crippen molar-refractivity contribution in [2.75, 3.05) is 19.8 Å². The summed E-state index contributed by atoms with van der Waals surface area (Å²) in [7, 11) is 0. The summed E-state index contributed by atoms with van der Waals surface area (Å²) in [5, 5.41) is 0. The van der Waals surface area contributed by atoms with E-state index in [0.29, 0.717) is 26.2 Å². The molecule has 0 aromatic rings. The molecule has 2 atom stereocenters. The zero-order valence-corrected chi connectivity index (χ0v) is 9.15. The Bertz CT molecular complexity index is 228. The molecule has 0 heterocycles. The van der Waals surface area contributed by atoms with Crippen LogP contribution in [0.3, 0.4) is 0 Å². The summed E-state index contributed by atoms with van der Waals surface area (Å²) in [6, 6.07) is -0.00103. The van der Waals surface area contributed by atoms with Gasteiger partial charge >= 0.3 is 5.97 Å². The molecule has 1 aliphatic rings. The van der Waals surface area contributed by atoms with E-state index in [0.717, 1.165) is 6.42 Å². The molecule has 0 aliphatic heterocycles. The summed E-state index contributed by atoms with van der Waals surface area (Å²) in [5.41, 5.74) is 5.64. The van der Waals surface area contributed by atoms with Crippen LogP contribution in [0.15, 0.2) is 12.2 Å². The van der Waals surface area contributed by atoms with Gasteiger partial charge in [-0.15, -0.1) is 0 Å². The average molecular weight is 213 g/mol. The van der Waals surface area contributed by atoms with Gasteiger partial charge in [-0.25, -0.2) is 0 Å². The molecule has 0 radical (unpaired) electrons. The molecule has 0 saturated carbocycles. The molecule has 0 saturated heterocycles. The minimum absolute atomic E-state index is 0.00103. The van der Waals surface area contributed by atoms with Gasteiger partial charge in [0.1, 0.15) is 6.61 Å². The van der Waals surface area contributed by atoms with E-state index in [1.54, 1.807) is 0 Å². The van der Waals surface area contributed by atoms with Gasteiger partial charge in [-0.1, -0.05) is 19.1 Å². The van der Waals surface area contributed by atoms with Gasteiger partial charge in [0.05, 0.1) is 12.5 Å². The summed E-state index contributed by atoms with van der Waals surface area (Å²) < 4.78 is 10.2. The Morgan fingerprint density at radius 1 is 1.40 bits per heavy atom. The zero-order valence-electron chi connectivity index (χ0n) is 9.15. The van der Waals surface area contributed by atoms with E-state index in [2.05, 4.69) is 0 Å². The van der Waals surface area contributed by atoms with Crippen molar-refractivity contribution in [2.24, 2.45) is 11.7 Å². The molecule has 2 unspecified atom stereocenters. The highest BCUT2D eigenvalue weighted by Gasteiger charge is 2.23. The molecule has 0 aromatic heterocycles. The largest absolute Gasteiger partial charge is 0.463 e. The van der Waals surface area contributed by atoms with Gasteiger partial charge in [0.2, 0.25) is 0 Å². The standard InChI is InChI=1S/C11H19NO3/c1-2-5-14-6-7-15-11(13)9-3-4-10(12)8-9/h3-4,9-10H,2,5-8,12H2,1H3. The summed E-state index contributed by atoms with van der Waals surface area (Å²) in [6.45, 7) is 3.56. The van der Waals surface area contributed by atoms with Crippen molar-refractivity contribution in [1.29, 1.82) is 0 Å². The molecular formula is C11H19NO3. The number of rotatable bonds is 6. The molecule has 4 heteroatoms. The minimum atomic E-state index is -0.195. The molecule has 0 aromatic carbocycles. The van der Waals surface area contributed by atoms with Crippen molar-refractivity contribution in [2.45, 2.75) is 25.8 Å². The maximum atomic E-state index is 11.4. The van der Waals surface area contributed by atoms with Gasteiger partial charge in [-0.3, -0.25) is 4.79 Å². The van der Waals surface area contributed by atoms with Crippen LogP contribution in [0.1, 0.15) is 19.8 Å². The van der Waals surface area contributed by atoms with Crippen molar-refractivity contribution < 1.29 is 14.3 Å². The molecular weight excluding hydrogens is 194 g/mol. The second-order valence-corrected chi connectivity index (χ2v) is 3.67. The smallest absolute Gasteiger partial charge is 0.312 e. The normalized spacial score (nSPS) is 24.4. The Labute approximate surface area is 90.4 Å². The van der Waals surface area contributed by atoms with Gasteiger partial charge in [0.15, 0.2) is 0 Å². The van der Waals surface area contributed by atoms with Crippen LogP contribution in [0, 0.1) is 5.92 Å². The lowest BCUT2D eigenvalue weighted by molar-refractivity contribution is -0.148. The van der Waals surface area contributed by atoms with Crippen LogP contribution in [0.4, 0.5) is 0 Å². The van der Waals surface area contributed by atoms with Crippen molar-refractivity contribution in [3.63, 3.8) is 0 Å². The van der Waals surface area contributed by atoms with Crippen LogP contribution in [-0.4, -0.2) is 31.8 Å². The zero-order chi connectivity index (χ0) is 11.1. The van der Waals surface area contributed by atoms with Gasteiger partial charge in [0.25, 0.3) is 0 Å². The third-order valence-electron chi connectivity index (χ3n) is 2.24. The molecule has 0 spiro atoms. The first-order valence-electron chi connectivity index (χ1n) is 5.42. The molecule has 15 heavy (non-hydrogen) atoms. The molecule has 1 rings (SSSR count). The van der Waals surface area contributed by atoms with E-state index in [9.17, 15) is 4.79 Å². The van der Waals surface area contributed by atoms with Gasteiger partial charge in [0, 0.05) is 12.6 Å². The van der Waals surface area contributed by atoms with Crippen LogP contribution in [0.2, 0.25) is 0 Å². The third-order valence-corrected chi connectivity index (χ3v) is 2.24. The Kier molecular flexibility index (Phi) is 5.36. The number of carbonyl (C=O) groups is 1. The van der Waals surface area contributed by atoms with Gasteiger partial charge < -0.3 is 15.2 Å². The molecule has 1 aliphatic carbocycles. The van der Waals surface area contributed by atoms with Crippen molar-refractivity contribution in [3.8, 4) is 0 Å². The molecule has 0 amide bonds. The lowest BCUT2D eigenvalue weighted by atomic mass is 10.1. The average Bonchev–Trinajstić information content (AvgIpc) is 2.64. The van der Waals surface area contributed by atoms with E-state index in [4.69, 9.17) is 15.2 Å². The van der Waals surface area contributed by atoms with E-state index >= 15 is 0 Å². The third kappa shape index (κ3) is 4.44. The first kappa shape index (κ1) is 12.2. The topological polar surface area (TPSA) is 61.5 Å². The SMILES string of the molecule is CCCOCCOC(=O)C1C=CC(N)C1. The minimum Gasteiger partial charge on any atom is -0.463 e. The number of esters is 1. The number of ether oxygens (including phenoxy) is 2. The fourth-order valence-electron chi connectivity index (χ4n) is 1.46. The Balaban J connectivity index is 2.06. The Morgan fingerprint density at radius 2 is 2.20 bits per heavy atom. The Morgan fingerprint density at radius 3 is 2.80 bits per heavy atom. The number of hydrogen-bond acceptors (Lipinski definition) is 4. The van der Waals surface area contributed by atoms with Crippen LogP contribution in [-0.2, 0) is 14.3 Å². The second-order valence-electron chi connectivity index (χ2n) is 3.67. The molecule has 0 fully saturated rings. The number of carbonyl (C=O) groups excluding carboxylic acids is 1. The molecule has 86 valence electrons. The predicted molar refractivity (Wildman–Crippen MR) is 57.3 cm³/mol. The quantitative estimate of drug-likeness (QED) is 0.404. The summed E-state index contributed by atoms with van der Waals surface area (Å²) in [6.07, 6.45) is 5.31. The molecule has 0 bridgehead atoms. The lowest BCUT2D eigenvalue weighted by Crippen LogP contribution is -2.21. The van der Waals surface area contributed by atoms with E-state index < -0.39 is 0 Å². The first-order valence-corrected chi connectivity index (χ1v) is 5.42. The maximum Gasteiger partial charge on any atom is 0.312 e. The van der Waals surface area contributed by atoms with E-state index in [1.807, 2.05) is 19.1 Å². The monoisotopic (exact) mass is 213 g/mol. The van der Waals surface area contributed by atoms with Crippen molar-refractivity contribution in [3.05, 3.63) is 12.2 Å². The first-order chi connectivity index (χ1) is 7.24. The van der Waals surface area contributed by atoms with Crippen LogP contribution < -0.4 is 5.73 Å². The van der Waals surface area contributed by atoms with E-state index in [1.165, 1.54) is 0 Å². The van der Waals surface area contributed by atoms with Gasteiger partial charge in [-0.2, -0.15) is 0 Å². The fourth-order valence-corrected chi connectivity index (χ4v) is 1.46. The summed E-state index contributed by atoms with van der Waals surface area (Å²) >= 11 is 0. The highest BCUT2D eigenvalue weighted by molar-refractivity contribution is 5.75. The highest BCUT2D eigenvalue weighted by Crippen LogP contribution is 2.17.